The van der Waals surface area contributed by atoms with Gasteiger partial charge in [0.1, 0.15) is 6.10 Å². The van der Waals surface area contributed by atoms with Gasteiger partial charge >= 0.3 is 0 Å². The Morgan fingerprint density at radius 1 is 1.38 bits per heavy atom. The van der Waals surface area contributed by atoms with E-state index in [4.69, 9.17) is 14.0 Å². The van der Waals surface area contributed by atoms with Crippen molar-refractivity contribution in [1.29, 1.82) is 0 Å². The van der Waals surface area contributed by atoms with Crippen LogP contribution >= 0.6 is 0 Å². The topological polar surface area (TPSA) is 108 Å². The lowest BCUT2D eigenvalue weighted by molar-refractivity contribution is -0.203. The highest BCUT2D eigenvalue weighted by atomic mass is 32.2. The third kappa shape index (κ3) is 2.48. The van der Waals surface area contributed by atoms with E-state index in [0.717, 1.165) is 37.8 Å². The van der Waals surface area contributed by atoms with Crippen molar-refractivity contribution in [2.24, 2.45) is 0 Å². The molecule has 0 radical (unpaired) electrons. The monoisotopic (exact) mass is 424 g/mol. The molecule has 2 heterocycles. The lowest BCUT2D eigenvalue weighted by atomic mass is 9.48. The summed E-state index contributed by atoms with van der Waals surface area (Å²) in [5, 5.41) is 13.9. The van der Waals surface area contributed by atoms with E-state index in [9.17, 15) is 13.5 Å². The smallest absolute Gasteiger partial charge is 0.266 e. The van der Waals surface area contributed by atoms with Crippen LogP contribution in [-0.2, 0) is 26.7 Å². The van der Waals surface area contributed by atoms with Crippen molar-refractivity contribution in [2.75, 3.05) is 33.0 Å². The molecule has 2 unspecified atom stereocenters. The molecule has 8 nitrogen and oxygen atoms in total. The second-order valence-electron chi connectivity index (χ2n) is 8.89. The Morgan fingerprint density at radius 2 is 2.17 bits per heavy atom. The Bertz CT molecular complexity index is 953. The molecule has 2 aliphatic carbocycles. The number of nitrogens with one attached hydrogen (secondary N) is 1. The van der Waals surface area contributed by atoms with Gasteiger partial charge in [-0.2, -0.15) is 8.42 Å². The molecule has 3 N–H and O–H groups in total. The van der Waals surface area contributed by atoms with Gasteiger partial charge in [-0.05, 0) is 50.9 Å². The molecule has 1 spiro atoms. The number of phenolic OH excluding ortho intramolecular Hbond substituents is 1. The van der Waals surface area contributed by atoms with Crippen LogP contribution in [0, 0.1) is 0 Å². The average Bonchev–Trinajstić information content (AvgIpc) is 3.02. The van der Waals surface area contributed by atoms with Crippen molar-refractivity contribution in [1.82, 2.24) is 10.2 Å². The van der Waals surface area contributed by atoms with Crippen molar-refractivity contribution >= 4 is 10.1 Å². The third-order valence-electron chi connectivity index (χ3n) is 7.82. The van der Waals surface area contributed by atoms with Gasteiger partial charge in [0.05, 0.1) is 16.8 Å². The Morgan fingerprint density at radius 3 is 2.90 bits per heavy atom. The van der Waals surface area contributed by atoms with Gasteiger partial charge in [0.15, 0.2) is 11.5 Å². The molecule has 2 aliphatic heterocycles. The number of likely N-dealkylation sites (tertiary alicyclic amines) is 1. The second kappa shape index (κ2) is 6.31. The first-order valence-electron chi connectivity index (χ1n) is 10.2. The molecular weight excluding hydrogens is 396 g/mol. The lowest BCUT2D eigenvalue weighted by Crippen LogP contribution is -2.78. The van der Waals surface area contributed by atoms with Gasteiger partial charge in [-0.25, -0.2) is 0 Å². The van der Waals surface area contributed by atoms with Crippen LogP contribution < -0.4 is 10.1 Å². The van der Waals surface area contributed by atoms with E-state index >= 15 is 0 Å². The highest BCUT2D eigenvalue weighted by Crippen LogP contribution is 2.66. The van der Waals surface area contributed by atoms with Crippen LogP contribution in [0.15, 0.2) is 12.1 Å². The number of methoxy groups -OCH3 is 1. The number of rotatable bonds is 5. The van der Waals surface area contributed by atoms with Gasteiger partial charge in [-0.1, -0.05) is 6.07 Å². The van der Waals surface area contributed by atoms with Crippen LogP contribution in [0.1, 0.15) is 30.4 Å². The Kier molecular flexibility index (Phi) is 4.25. The van der Waals surface area contributed by atoms with Crippen molar-refractivity contribution in [3.05, 3.63) is 23.3 Å². The fourth-order valence-corrected chi connectivity index (χ4v) is 7.10. The molecule has 1 aromatic carbocycles. The first-order chi connectivity index (χ1) is 13.7. The highest BCUT2D eigenvalue weighted by molar-refractivity contribution is 7.85. The first-order valence-corrected chi connectivity index (χ1v) is 11.8. The maximum Gasteiger partial charge on any atom is 0.266 e. The van der Waals surface area contributed by atoms with Crippen LogP contribution in [-0.4, -0.2) is 79.8 Å². The molecule has 2 bridgehead atoms. The summed E-state index contributed by atoms with van der Waals surface area (Å²) in [7, 11) is -0.105. The Labute approximate surface area is 170 Å². The van der Waals surface area contributed by atoms with Crippen molar-refractivity contribution in [3.8, 4) is 11.5 Å². The lowest BCUT2D eigenvalue weighted by Gasteiger charge is -2.65. The average molecular weight is 425 g/mol. The normalized spacial score (nSPS) is 37.8. The number of hydrogen-bond donors (Lipinski definition) is 3. The van der Waals surface area contributed by atoms with Crippen LogP contribution in [0.3, 0.4) is 0 Å². The number of benzene rings is 1. The summed E-state index contributed by atoms with van der Waals surface area (Å²) < 4.78 is 44.2. The predicted molar refractivity (Wildman–Crippen MR) is 106 cm³/mol. The van der Waals surface area contributed by atoms with Crippen molar-refractivity contribution < 1.29 is 27.6 Å². The van der Waals surface area contributed by atoms with Gasteiger partial charge in [-0.15, -0.1) is 0 Å². The van der Waals surface area contributed by atoms with E-state index in [1.807, 2.05) is 6.07 Å². The van der Waals surface area contributed by atoms with Crippen molar-refractivity contribution in [3.63, 3.8) is 0 Å². The Hall–Kier alpha value is -1.39. The molecular formula is C20H28N2O6S. The molecule has 0 amide bonds. The van der Waals surface area contributed by atoms with Gasteiger partial charge in [0, 0.05) is 31.3 Å². The Balaban J connectivity index is 1.61. The highest BCUT2D eigenvalue weighted by Gasteiger charge is 2.73. The number of nitrogens with zero attached hydrogens (tertiary/aromatic N) is 1. The first kappa shape index (κ1) is 19.6. The van der Waals surface area contributed by atoms with E-state index in [0.29, 0.717) is 5.75 Å². The molecule has 29 heavy (non-hydrogen) atoms. The minimum atomic E-state index is -4.03. The molecule has 5 rings (SSSR count). The van der Waals surface area contributed by atoms with Crippen LogP contribution in [0.25, 0.3) is 0 Å². The summed E-state index contributed by atoms with van der Waals surface area (Å²) in [5.74, 6) is 0.361. The summed E-state index contributed by atoms with van der Waals surface area (Å²) in [5.41, 5.74) is 1.46. The summed E-state index contributed by atoms with van der Waals surface area (Å²) >= 11 is 0. The standard InChI is InChI=1S/C20H28N2O6S/c1-22-9-7-19-16-12-3-4-14(23)17(16)28-18(19)13(21-8-10-29(24,25)26)5-6-20(19,27-2)15(22)11-12/h3-4,13,15,18,21,23H,5-11H2,1-2H3,(H,24,25,26)/t13-,15?,18-,19?,20+/m0/s1. The molecule has 1 saturated carbocycles. The molecule has 0 aromatic heterocycles. The fraction of sp³-hybridized carbons (Fsp3) is 0.700. The predicted octanol–water partition coefficient (Wildman–Crippen LogP) is 0.676. The van der Waals surface area contributed by atoms with Gasteiger partial charge in [-0.3, -0.25) is 4.55 Å². The number of hydrogen-bond acceptors (Lipinski definition) is 7. The number of aromatic hydroxyl groups is 1. The zero-order valence-electron chi connectivity index (χ0n) is 16.7. The molecule has 1 aromatic rings. The number of piperidine rings is 1. The second-order valence-corrected chi connectivity index (χ2v) is 10.5. The molecule has 4 aliphatic rings. The minimum Gasteiger partial charge on any atom is -0.504 e. The molecule has 5 atom stereocenters. The summed E-state index contributed by atoms with van der Waals surface area (Å²) in [6.45, 7) is 1.06. The van der Waals surface area contributed by atoms with Crippen molar-refractivity contribution in [2.45, 2.75) is 54.9 Å². The van der Waals surface area contributed by atoms with Crippen LogP contribution in [0.5, 0.6) is 11.5 Å². The van der Waals surface area contributed by atoms with Gasteiger partial charge in [0.2, 0.25) is 0 Å². The molecule has 9 heteroatoms. The quantitative estimate of drug-likeness (QED) is 0.592. The van der Waals surface area contributed by atoms with E-state index in [2.05, 4.69) is 17.3 Å². The van der Waals surface area contributed by atoms with Crippen LogP contribution in [0.4, 0.5) is 0 Å². The minimum absolute atomic E-state index is 0.0955. The van der Waals surface area contributed by atoms with Crippen LogP contribution in [0.2, 0.25) is 0 Å². The summed E-state index contributed by atoms with van der Waals surface area (Å²) in [4.78, 5) is 2.38. The number of ether oxygens (including phenoxy) is 2. The number of likely N-dealkylation sites (N-methyl/N-ethyl adjacent to an activating group) is 1. The third-order valence-corrected chi connectivity index (χ3v) is 8.54. The van der Waals surface area contributed by atoms with E-state index in [1.54, 1.807) is 13.2 Å². The molecule has 2 fully saturated rings. The summed E-state index contributed by atoms with van der Waals surface area (Å²) in [6.07, 6.45) is 3.01. The largest absolute Gasteiger partial charge is 0.504 e. The maximum absolute atomic E-state index is 11.2. The fourth-order valence-electron chi connectivity index (χ4n) is 6.72. The molecule has 1 saturated heterocycles. The maximum atomic E-state index is 11.2. The van der Waals surface area contributed by atoms with E-state index in [-0.39, 0.29) is 36.2 Å². The zero-order chi connectivity index (χ0) is 20.6. The van der Waals surface area contributed by atoms with E-state index in [1.165, 1.54) is 5.56 Å². The summed E-state index contributed by atoms with van der Waals surface area (Å²) in [6, 6.07) is 3.83. The zero-order valence-corrected chi connectivity index (χ0v) is 17.5. The SMILES string of the molecule is CO[C@@]12CC[C@H](NCCS(=O)(=O)O)[C@@H]3Oc4c(O)ccc5c4C31CCN(C)C2C5. The van der Waals surface area contributed by atoms with Gasteiger partial charge < -0.3 is 24.8 Å². The molecule has 160 valence electrons. The number of phenols is 1. The van der Waals surface area contributed by atoms with Gasteiger partial charge in [0.25, 0.3) is 10.1 Å². The van der Waals surface area contributed by atoms with E-state index < -0.39 is 21.1 Å².